The number of aromatic nitrogens is 1. The summed E-state index contributed by atoms with van der Waals surface area (Å²) in [5.74, 6) is 0.777. The lowest BCUT2D eigenvalue weighted by Crippen LogP contribution is -2.14. The molecule has 1 N–H and O–H groups in total. The van der Waals surface area contributed by atoms with Crippen LogP contribution in [0.2, 0.25) is 0 Å². The number of pyridine rings is 1. The van der Waals surface area contributed by atoms with Crippen LogP contribution in [0.5, 0.6) is 0 Å². The number of hydrogen-bond donors (Lipinski definition) is 1. The molecule has 0 radical (unpaired) electrons. The number of nitrogens with zero attached hydrogens (tertiary/aromatic N) is 1. The third kappa shape index (κ3) is 4.20. The molecule has 0 aliphatic rings. The summed E-state index contributed by atoms with van der Waals surface area (Å²) in [5.41, 5.74) is 0.673. The molecule has 0 atom stereocenters. The Hall–Kier alpha value is -2.14. The molecule has 0 saturated carbocycles. The molecule has 0 fully saturated rings. The summed E-state index contributed by atoms with van der Waals surface area (Å²) in [5, 5.41) is 2.72. The highest BCUT2D eigenvalue weighted by Crippen LogP contribution is 2.18. The van der Waals surface area contributed by atoms with Crippen LogP contribution in [0.4, 0.5) is 5.82 Å². The van der Waals surface area contributed by atoms with Gasteiger partial charge in [0, 0.05) is 16.7 Å². The van der Waals surface area contributed by atoms with E-state index in [-0.39, 0.29) is 11.7 Å². The van der Waals surface area contributed by atoms with Gasteiger partial charge in [-0.3, -0.25) is 9.59 Å². The zero-order valence-corrected chi connectivity index (χ0v) is 11.8. The highest BCUT2D eigenvalue weighted by molar-refractivity contribution is 8.00. The largest absolute Gasteiger partial charge is 0.310 e. The van der Waals surface area contributed by atoms with Gasteiger partial charge in [0.15, 0.2) is 5.78 Å². The van der Waals surface area contributed by atoms with Gasteiger partial charge in [-0.05, 0) is 31.2 Å². The van der Waals surface area contributed by atoms with E-state index in [1.807, 2.05) is 18.2 Å². The lowest BCUT2D eigenvalue weighted by molar-refractivity contribution is -0.113. The van der Waals surface area contributed by atoms with Crippen molar-refractivity contribution in [2.24, 2.45) is 0 Å². The highest BCUT2D eigenvalue weighted by atomic mass is 32.2. The Labute approximate surface area is 121 Å². The number of amides is 1. The first kappa shape index (κ1) is 14.3. The standard InChI is InChI=1S/C15H14N2O2S/c1-11(18)12-5-7-13(8-6-12)20-10-15(19)17-14-4-2-3-9-16-14/h2-9H,10H2,1H3,(H,16,17,19). The minimum Gasteiger partial charge on any atom is -0.310 e. The smallest absolute Gasteiger partial charge is 0.235 e. The first-order valence-electron chi connectivity index (χ1n) is 6.10. The van der Waals surface area contributed by atoms with Crippen LogP contribution in [0.15, 0.2) is 53.6 Å². The number of nitrogens with one attached hydrogen (secondary N) is 1. The Kier molecular flexibility index (Phi) is 4.90. The normalized spacial score (nSPS) is 10.1. The number of rotatable bonds is 5. The average Bonchev–Trinajstić information content (AvgIpc) is 2.46. The molecule has 0 bridgehead atoms. The van der Waals surface area contributed by atoms with Crippen molar-refractivity contribution in [3.63, 3.8) is 0 Å². The van der Waals surface area contributed by atoms with Gasteiger partial charge in [0.25, 0.3) is 0 Å². The van der Waals surface area contributed by atoms with E-state index in [2.05, 4.69) is 10.3 Å². The summed E-state index contributed by atoms with van der Waals surface area (Å²) in [6.45, 7) is 1.53. The Morgan fingerprint density at radius 1 is 1.15 bits per heavy atom. The van der Waals surface area contributed by atoms with Crippen LogP contribution >= 0.6 is 11.8 Å². The lowest BCUT2D eigenvalue weighted by atomic mass is 10.2. The van der Waals surface area contributed by atoms with Gasteiger partial charge in [-0.15, -0.1) is 11.8 Å². The van der Waals surface area contributed by atoms with E-state index in [1.165, 1.54) is 18.7 Å². The van der Waals surface area contributed by atoms with E-state index >= 15 is 0 Å². The predicted molar refractivity (Wildman–Crippen MR) is 80.0 cm³/mol. The molecular formula is C15H14N2O2S. The number of benzene rings is 1. The maximum atomic E-state index is 11.7. The lowest BCUT2D eigenvalue weighted by Gasteiger charge is -2.04. The first-order valence-corrected chi connectivity index (χ1v) is 7.08. The molecule has 102 valence electrons. The number of thioether (sulfide) groups is 1. The Bertz CT molecular complexity index is 597. The Morgan fingerprint density at radius 2 is 1.90 bits per heavy atom. The molecule has 2 aromatic rings. The van der Waals surface area contributed by atoms with Gasteiger partial charge in [0.05, 0.1) is 5.75 Å². The zero-order chi connectivity index (χ0) is 14.4. The molecule has 1 amide bonds. The molecule has 0 aliphatic heterocycles. The van der Waals surface area contributed by atoms with Crippen molar-refractivity contribution in [2.45, 2.75) is 11.8 Å². The minimum atomic E-state index is -0.107. The third-order valence-electron chi connectivity index (χ3n) is 2.56. The van der Waals surface area contributed by atoms with Crippen molar-refractivity contribution in [3.8, 4) is 0 Å². The summed E-state index contributed by atoms with van der Waals surface area (Å²) >= 11 is 1.42. The van der Waals surface area contributed by atoms with Crippen molar-refractivity contribution < 1.29 is 9.59 Å². The number of Topliss-reactive ketones (excluding diaryl/α,β-unsaturated/α-hetero) is 1. The van der Waals surface area contributed by atoms with Crippen LogP contribution in [0, 0.1) is 0 Å². The maximum Gasteiger partial charge on any atom is 0.235 e. The zero-order valence-electron chi connectivity index (χ0n) is 11.0. The van der Waals surface area contributed by atoms with E-state index in [9.17, 15) is 9.59 Å². The van der Waals surface area contributed by atoms with Gasteiger partial charge in [0.1, 0.15) is 5.82 Å². The summed E-state index contributed by atoms with van der Waals surface area (Å²) in [6.07, 6.45) is 1.63. The van der Waals surface area contributed by atoms with Crippen LogP contribution in [0.1, 0.15) is 17.3 Å². The molecule has 0 unspecified atom stereocenters. The molecular weight excluding hydrogens is 272 g/mol. The number of hydrogen-bond acceptors (Lipinski definition) is 4. The first-order chi connectivity index (χ1) is 9.65. The number of carbonyl (C=O) groups is 2. The monoisotopic (exact) mass is 286 g/mol. The summed E-state index contributed by atoms with van der Waals surface area (Å²) < 4.78 is 0. The molecule has 20 heavy (non-hydrogen) atoms. The highest BCUT2D eigenvalue weighted by Gasteiger charge is 2.05. The van der Waals surface area contributed by atoms with Gasteiger partial charge < -0.3 is 5.32 Å². The van der Waals surface area contributed by atoms with Crippen molar-refractivity contribution >= 4 is 29.3 Å². The van der Waals surface area contributed by atoms with Crippen LogP contribution in [0.25, 0.3) is 0 Å². The fourth-order valence-corrected chi connectivity index (χ4v) is 2.25. The molecule has 0 spiro atoms. The van der Waals surface area contributed by atoms with Gasteiger partial charge in [0.2, 0.25) is 5.91 Å². The Morgan fingerprint density at radius 3 is 2.50 bits per heavy atom. The topological polar surface area (TPSA) is 59.1 Å². The van der Waals surface area contributed by atoms with E-state index in [4.69, 9.17) is 0 Å². The summed E-state index contributed by atoms with van der Waals surface area (Å²) in [4.78, 5) is 27.9. The van der Waals surface area contributed by atoms with Crippen molar-refractivity contribution in [1.29, 1.82) is 0 Å². The average molecular weight is 286 g/mol. The summed E-state index contributed by atoms with van der Waals surface area (Å²) in [6, 6.07) is 12.6. The second kappa shape index (κ2) is 6.86. The van der Waals surface area contributed by atoms with Gasteiger partial charge >= 0.3 is 0 Å². The van der Waals surface area contributed by atoms with E-state index < -0.39 is 0 Å². The van der Waals surface area contributed by atoms with Crippen LogP contribution in [-0.4, -0.2) is 22.4 Å². The van der Waals surface area contributed by atoms with Crippen molar-refractivity contribution in [1.82, 2.24) is 4.98 Å². The second-order valence-electron chi connectivity index (χ2n) is 4.13. The molecule has 5 heteroatoms. The van der Waals surface area contributed by atoms with Crippen molar-refractivity contribution in [2.75, 3.05) is 11.1 Å². The van der Waals surface area contributed by atoms with Gasteiger partial charge in [-0.25, -0.2) is 4.98 Å². The molecule has 0 saturated heterocycles. The molecule has 1 aromatic carbocycles. The second-order valence-corrected chi connectivity index (χ2v) is 5.18. The minimum absolute atomic E-state index is 0.0365. The molecule has 0 aliphatic carbocycles. The van der Waals surface area contributed by atoms with E-state index in [0.717, 1.165) is 4.90 Å². The van der Waals surface area contributed by atoms with E-state index in [0.29, 0.717) is 17.1 Å². The van der Waals surface area contributed by atoms with Gasteiger partial charge in [-0.1, -0.05) is 18.2 Å². The van der Waals surface area contributed by atoms with Crippen LogP contribution < -0.4 is 5.32 Å². The van der Waals surface area contributed by atoms with Gasteiger partial charge in [-0.2, -0.15) is 0 Å². The van der Waals surface area contributed by atoms with Crippen molar-refractivity contribution in [3.05, 3.63) is 54.2 Å². The maximum absolute atomic E-state index is 11.7. The molecule has 2 rings (SSSR count). The van der Waals surface area contributed by atoms with Crippen LogP contribution in [0.3, 0.4) is 0 Å². The molecule has 4 nitrogen and oxygen atoms in total. The Balaban J connectivity index is 1.85. The molecule has 1 heterocycles. The quantitative estimate of drug-likeness (QED) is 0.678. The number of carbonyl (C=O) groups excluding carboxylic acids is 2. The molecule has 1 aromatic heterocycles. The summed E-state index contributed by atoms with van der Waals surface area (Å²) in [7, 11) is 0. The number of anilines is 1. The van der Waals surface area contributed by atoms with Crippen LogP contribution in [-0.2, 0) is 4.79 Å². The fourth-order valence-electron chi connectivity index (χ4n) is 1.55. The van der Waals surface area contributed by atoms with E-state index in [1.54, 1.807) is 30.5 Å². The fraction of sp³-hybridized carbons (Fsp3) is 0.133. The SMILES string of the molecule is CC(=O)c1ccc(SCC(=O)Nc2ccccn2)cc1. The third-order valence-corrected chi connectivity index (χ3v) is 3.58. The predicted octanol–water partition coefficient (Wildman–Crippen LogP) is 3.02. The number of ketones is 1.